The molecule has 0 aromatic heterocycles. The van der Waals surface area contributed by atoms with Gasteiger partial charge in [0.1, 0.15) is 11.5 Å². The minimum atomic E-state index is -0.649. The molecule has 0 amide bonds. The quantitative estimate of drug-likeness (QED) is 0.600. The summed E-state index contributed by atoms with van der Waals surface area (Å²) in [6.45, 7) is 5.10. The highest BCUT2D eigenvalue weighted by Crippen LogP contribution is 2.19. The third kappa shape index (κ3) is 3.12. The Bertz CT molecular complexity index is 399. The lowest BCUT2D eigenvalue weighted by molar-refractivity contribution is -0.149. The molecule has 0 aliphatic rings. The Kier molecular flexibility index (Phi) is 3.37. The molecule has 0 heterocycles. The van der Waals surface area contributed by atoms with Crippen molar-refractivity contribution in [3.8, 4) is 0 Å². The van der Waals surface area contributed by atoms with Crippen LogP contribution in [0.3, 0.4) is 0 Å². The first-order valence-electron chi connectivity index (χ1n) is 4.83. The minimum Gasteiger partial charge on any atom is -0.399 e. The van der Waals surface area contributed by atoms with Gasteiger partial charge in [0, 0.05) is 5.69 Å². The summed E-state index contributed by atoms with van der Waals surface area (Å²) in [4.78, 5) is 16.1. The molecule has 1 aromatic carbocycles. The number of nitrogens with two attached hydrogens (primary N) is 1. The molecule has 88 valence electrons. The van der Waals surface area contributed by atoms with Crippen molar-refractivity contribution in [1.82, 2.24) is 0 Å². The van der Waals surface area contributed by atoms with Crippen LogP contribution in [0.2, 0.25) is 0 Å². The Morgan fingerprint density at radius 3 is 2.62 bits per heavy atom. The van der Waals surface area contributed by atoms with Gasteiger partial charge in [-0.25, -0.2) is 14.7 Å². The van der Waals surface area contributed by atoms with Gasteiger partial charge in [0.2, 0.25) is 0 Å². The van der Waals surface area contributed by atoms with Crippen LogP contribution >= 0.6 is 0 Å². The van der Waals surface area contributed by atoms with E-state index in [1.165, 1.54) is 18.2 Å². The average Bonchev–Trinajstić information content (AvgIpc) is 2.17. The second-order valence-electron chi connectivity index (χ2n) is 4.48. The van der Waals surface area contributed by atoms with E-state index in [2.05, 4.69) is 5.48 Å². The van der Waals surface area contributed by atoms with Gasteiger partial charge in [-0.15, -0.1) is 0 Å². The van der Waals surface area contributed by atoms with Gasteiger partial charge in [-0.3, -0.25) is 0 Å². The van der Waals surface area contributed by atoms with Crippen molar-refractivity contribution in [2.45, 2.75) is 20.8 Å². The molecular weight excluding hydrogens is 211 g/mol. The molecule has 0 fully saturated rings. The van der Waals surface area contributed by atoms with E-state index in [0.717, 1.165) is 0 Å². The molecule has 16 heavy (non-hydrogen) atoms. The molecule has 0 spiro atoms. The number of carbonyl (C=O) groups is 1. The maximum atomic E-state index is 13.2. The Morgan fingerprint density at radius 2 is 2.06 bits per heavy atom. The largest absolute Gasteiger partial charge is 0.399 e. The number of carbonyl (C=O) groups excluding carboxylic acids is 1. The van der Waals surface area contributed by atoms with Gasteiger partial charge in [0.05, 0.1) is 5.41 Å². The van der Waals surface area contributed by atoms with Gasteiger partial charge in [0.25, 0.3) is 0 Å². The maximum Gasteiger partial charge on any atom is 0.337 e. The van der Waals surface area contributed by atoms with Crippen molar-refractivity contribution >= 4 is 17.3 Å². The molecule has 1 aromatic rings. The van der Waals surface area contributed by atoms with Gasteiger partial charge in [-0.1, -0.05) is 0 Å². The summed E-state index contributed by atoms with van der Waals surface area (Å²) in [6.07, 6.45) is 0. The first-order chi connectivity index (χ1) is 7.30. The summed E-state index contributed by atoms with van der Waals surface area (Å²) in [5, 5.41) is 0. The minimum absolute atomic E-state index is 0.0394. The highest BCUT2D eigenvalue weighted by Gasteiger charge is 2.23. The molecule has 3 N–H and O–H groups in total. The first kappa shape index (κ1) is 12.3. The molecule has 0 aliphatic carbocycles. The third-order valence-electron chi connectivity index (χ3n) is 1.86. The van der Waals surface area contributed by atoms with E-state index in [4.69, 9.17) is 10.6 Å². The van der Waals surface area contributed by atoms with Crippen LogP contribution in [0, 0.1) is 11.2 Å². The van der Waals surface area contributed by atoms with E-state index in [-0.39, 0.29) is 5.69 Å². The Balaban J connectivity index is 2.68. The topological polar surface area (TPSA) is 64.3 Å². The fourth-order valence-corrected chi connectivity index (χ4v) is 0.876. The predicted octanol–water partition coefficient (Wildman–Crippen LogP) is 2.32. The Hall–Kier alpha value is -1.78. The molecule has 0 atom stereocenters. The normalized spacial score (nSPS) is 11.0. The molecule has 1 rings (SSSR count). The number of nitrogens with one attached hydrogen (secondary N) is 1. The number of halogens is 1. The van der Waals surface area contributed by atoms with Crippen molar-refractivity contribution in [3.05, 3.63) is 24.0 Å². The number of rotatable bonds is 2. The molecule has 4 nitrogen and oxygen atoms in total. The van der Waals surface area contributed by atoms with Crippen molar-refractivity contribution in [2.75, 3.05) is 11.2 Å². The van der Waals surface area contributed by atoms with Crippen molar-refractivity contribution in [3.63, 3.8) is 0 Å². The molecule has 0 radical (unpaired) electrons. The monoisotopic (exact) mass is 226 g/mol. The zero-order chi connectivity index (χ0) is 12.3. The SMILES string of the molecule is CC(C)(C)C(=O)ONc1cc(N)ccc1F. The van der Waals surface area contributed by atoms with Crippen LogP contribution in [0.25, 0.3) is 0 Å². The van der Waals surface area contributed by atoms with E-state index in [9.17, 15) is 9.18 Å². The Labute approximate surface area is 93.5 Å². The zero-order valence-corrected chi connectivity index (χ0v) is 9.50. The molecule has 0 unspecified atom stereocenters. The second kappa shape index (κ2) is 4.38. The summed E-state index contributed by atoms with van der Waals surface area (Å²) in [7, 11) is 0. The fourth-order valence-electron chi connectivity index (χ4n) is 0.876. The van der Waals surface area contributed by atoms with Crippen LogP contribution < -0.4 is 11.2 Å². The molecular formula is C11H15FN2O2. The number of anilines is 2. The number of hydrogen-bond acceptors (Lipinski definition) is 4. The molecule has 0 saturated heterocycles. The number of hydrogen-bond donors (Lipinski definition) is 2. The zero-order valence-electron chi connectivity index (χ0n) is 9.50. The first-order valence-corrected chi connectivity index (χ1v) is 4.83. The number of benzene rings is 1. The van der Waals surface area contributed by atoms with E-state index in [0.29, 0.717) is 5.69 Å². The van der Waals surface area contributed by atoms with Crippen LogP contribution in [-0.2, 0) is 9.63 Å². The smallest absolute Gasteiger partial charge is 0.337 e. The maximum absolute atomic E-state index is 13.2. The molecule has 0 aliphatic heterocycles. The van der Waals surface area contributed by atoms with Crippen LogP contribution in [0.4, 0.5) is 15.8 Å². The Morgan fingerprint density at radius 1 is 1.44 bits per heavy atom. The van der Waals surface area contributed by atoms with E-state index < -0.39 is 17.2 Å². The number of nitrogen functional groups attached to an aromatic ring is 1. The second-order valence-corrected chi connectivity index (χ2v) is 4.48. The molecule has 0 saturated carbocycles. The third-order valence-corrected chi connectivity index (χ3v) is 1.86. The summed E-state index contributed by atoms with van der Waals surface area (Å²) >= 11 is 0. The van der Waals surface area contributed by atoms with E-state index in [1.54, 1.807) is 20.8 Å². The van der Waals surface area contributed by atoms with Crippen molar-refractivity contribution < 1.29 is 14.0 Å². The van der Waals surface area contributed by atoms with E-state index in [1.807, 2.05) is 0 Å². The highest BCUT2D eigenvalue weighted by atomic mass is 19.1. The lowest BCUT2D eigenvalue weighted by Gasteiger charge is -2.16. The van der Waals surface area contributed by atoms with Crippen LogP contribution in [0.5, 0.6) is 0 Å². The summed E-state index contributed by atoms with van der Waals surface area (Å²) in [5.74, 6) is -1.01. The van der Waals surface area contributed by atoms with Crippen molar-refractivity contribution in [2.24, 2.45) is 5.41 Å². The lowest BCUT2D eigenvalue weighted by Crippen LogP contribution is -2.25. The average molecular weight is 226 g/mol. The van der Waals surface area contributed by atoms with E-state index >= 15 is 0 Å². The lowest BCUT2D eigenvalue weighted by atomic mass is 9.98. The highest BCUT2D eigenvalue weighted by molar-refractivity contribution is 5.76. The van der Waals surface area contributed by atoms with Crippen LogP contribution in [-0.4, -0.2) is 5.97 Å². The molecule has 5 heteroatoms. The standard InChI is InChI=1S/C11H15FN2O2/c1-11(2,3)10(15)16-14-9-6-7(13)4-5-8(9)12/h4-6,14H,13H2,1-3H3. The summed E-state index contributed by atoms with van der Waals surface area (Å²) < 4.78 is 13.2. The van der Waals surface area contributed by atoms with Gasteiger partial charge >= 0.3 is 5.97 Å². The predicted molar refractivity (Wildman–Crippen MR) is 60.0 cm³/mol. The van der Waals surface area contributed by atoms with Crippen molar-refractivity contribution in [1.29, 1.82) is 0 Å². The van der Waals surface area contributed by atoms with Gasteiger partial charge < -0.3 is 10.6 Å². The van der Waals surface area contributed by atoms with Gasteiger partial charge in [-0.05, 0) is 39.0 Å². The molecule has 0 bridgehead atoms. The fraction of sp³-hybridized carbons (Fsp3) is 0.364. The summed E-state index contributed by atoms with van der Waals surface area (Å²) in [5.41, 5.74) is 7.50. The van der Waals surface area contributed by atoms with Gasteiger partial charge in [-0.2, -0.15) is 0 Å². The van der Waals surface area contributed by atoms with Crippen LogP contribution in [0.1, 0.15) is 20.8 Å². The summed E-state index contributed by atoms with van der Waals surface area (Å²) in [6, 6.07) is 3.97. The van der Waals surface area contributed by atoms with Gasteiger partial charge in [0.15, 0.2) is 0 Å². The van der Waals surface area contributed by atoms with Crippen LogP contribution in [0.15, 0.2) is 18.2 Å².